The molecule has 12 heteroatoms. The van der Waals surface area contributed by atoms with Crippen LogP contribution in [0.5, 0.6) is 5.75 Å². The second kappa shape index (κ2) is 13.3. The van der Waals surface area contributed by atoms with E-state index in [9.17, 15) is 24.3 Å². The number of amides is 4. The minimum atomic E-state index is -2.82. The predicted octanol–water partition coefficient (Wildman–Crippen LogP) is 4.80. The Balaban J connectivity index is 2.26. The summed E-state index contributed by atoms with van der Waals surface area (Å²) in [5, 5.41) is 16.3. The highest BCUT2D eigenvalue weighted by Crippen LogP contribution is 2.29. The molecule has 0 aliphatic heterocycles. The van der Waals surface area contributed by atoms with Crippen molar-refractivity contribution < 1.29 is 38.1 Å². The van der Waals surface area contributed by atoms with Gasteiger partial charge in [-0.25, -0.2) is 18.8 Å². The Morgan fingerprint density at radius 3 is 2.38 bits per heavy atom. The molecule has 0 aliphatic carbocycles. The van der Waals surface area contributed by atoms with E-state index in [0.29, 0.717) is 12.0 Å². The summed E-state index contributed by atoms with van der Waals surface area (Å²) < 4.78 is 26.7. The summed E-state index contributed by atoms with van der Waals surface area (Å²) in [5.41, 5.74) is -2.95. The summed E-state index contributed by atoms with van der Waals surface area (Å²) in [6.45, 7) is 5.79. The fraction of sp³-hybridized carbons (Fsp3) is 0.407. The van der Waals surface area contributed by atoms with E-state index in [2.05, 4.69) is 10.6 Å². The number of rotatable bonds is 10. The van der Waals surface area contributed by atoms with Crippen LogP contribution in [-0.2, 0) is 16.0 Å². The van der Waals surface area contributed by atoms with Crippen molar-refractivity contribution in [3.63, 3.8) is 0 Å². The number of imide groups is 1. The smallest absolute Gasteiger partial charge is 0.407 e. The molecule has 0 saturated carbocycles. The van der Waals surface area contributed by atoms with Gasteiger partial charge in [0, 0.05) is 11.4 Å². The zero-order chi connectivity index (χ0) is 29.4. The normalized spacial score (nSPS) is 13.4. The third-order valence-corrected chi connectivity index (χ3v) is 5.74. The summed E-state index contributed by atoms with van der Waals surface area (Å²) >= 11 is 6.06. The van der Waals surface area contributed by atoms with E-state index in [4.69, 9.17) is 21.1 Å². The van der Waals surface area contributed by atoms with Gasteiger partial charge in [0.15, 0.2) is 0 Å². The molecule has 0 saturated heterocycles. The second-order valence-corrected chi connectivity index (χ2v) is 10.2. The lowest BCUT2D eigenvalue weighted by atomic mass is 9.94. The molecule has 2 aromatic carbocycles. The molecule has 2 rings (SSSR count). The van der Waals surface area contributed by atoms with Gasteiger partial charge in [-0.05, 0) is 68.7 Å². The number of benzene rings is 2. The maximum atomic E-state index is 16.3. The van der Waals surface area contributed by atoms with Crippen LogP contribution in [0.1, 0.15) is 61.6 Å². The van der Waals surface area contributed by atoms with Gasteiger partial charge in [-0.3, -0.25) is 10.1 Å². The lowest BCUT2D eigenvalue weighted by molar-refractivity contribution is -0.131. The summed E-state index contributed by atoms with van der Waals surface area (Å²) in [4.78, 5) is 49.4. The first kappa shape index (κ1) is 31.4. The molecule has 0 radical (unpaired) electrons. The van der Waals surface area contributed by atoms with Gasteiger partial charge in [0.1, 0.15) is 11.4 Å². The molecule has 0 heterocycles. The number of carbonyl (C=O) groups excluding carboxylic acids is 3. The van der Waals surface area contributed by atoms with Crippen molar-refractivity contribution in [1.82, 2.24) is 16.0 Å². The van der Waals surface area contributed by atoms with Crippen LogP contribution in [0, 0.1) is 0 Å². The number of carboxylic acids is 1. The Kier molecular flexibility index (Phi) is 10.7. The van der Waals surface area contributed by atoms with E-state index in [1.54, 1.807) is 33.8 Å². The summed E-state index contributed by atoms with van der Waals surface area (Å²) in [6, 6.07) is 8.72. The molecular weight excluding hydrogens is 533 g/mol. The lowest BCUT2D eigenvalue weighted by Crippen LogP contribution is -2.56. The number of halogens is 2. The van der Waals surface area contributed by atoms with Crippen LogP contribution >= 0.6 is 11.6 Å². The van der Waals surface area contributed by atoms with Crippen molar-refractivity contribution >= 4 is 35.6 Å². The number of urea groups is 1. The van der Waals surface area contributed by atoms with Crippen LogP contribution in [-0.4, -0.2) is 54.0 Å². The Hall–Kier alpha value is -3.86. The number of alkyl carbamates (subject to hydrolysis) is 1. The maximum absolute atomic E-state index is 16.3. The monoisotopic (exact) mass is 565 g/mol. The van der Waals surface area contributed by atoms with Crippen molar-refractivity contribution in [1.29, 1.82) is 0 Å². The molecule has 2 atom stereocenters. The van der Waals surface area contributed by atoms with Gasteiger partial charge in [-0.2, -0.15) is 0 Å². The van der Waals surface area contributed by atoms with Gasteiger partial charge in [0.05, 0.1) is 25.3 Å². The quantitative estimate of drug-likeness (QED) is 0.324. The fourth-order valence-electron chi connectivity index (χ4n) is 3.66. The minimum Gasteiger partial charge on any atom is -0.496 e. The molecule has 212 valence electrons. The van der Waals surface area contributed by atoms with Crippen LogP contribution < -0.4 is 20.7 Å². The van der Waals surface area contributed by atoms with Gasteiger partial charge in [-0.1, -0.05) is 30.7 Å². The number of hydrogen-bond donors (Lipinski definition) is 4. The highest BCUT2D eigenvalue weighted by molar-refractivity contribution is 6.30. The largest absolute Gasteiger partial charge is 0.496 e. The van der Waals surface area contributed by atoms with Crippen molar-refractivity contribution in [2.24, 2.45) is 0 Å². The van der Waals surface area contributed by atoms with Gasteiger partial charge < -0.3 is 25.2 Å². The van der Waals surface area contributed by atoms with Crippen LogP contribution in [0.3, 0.4) is 0 Å². The Morgan fingerprint density at radius 2 is 1.79 bits per heavy atom. The molecule has 4 amide bonds. The van der Waals surface area contributed by atoms with Crippen molar-refractivity contribution in [3.8, 4) is 5.75 Å². The van der Waals surface area contributed by atoms with E-state index >= 15 is 4.39 Å². The van der Waals surface area contributed by atoms with Gasteiger partial charge in [0.2, 0.25) is 5.67 Å². The molecule has 0 spiro atoms. The maximum Gasteiger partial charge on any atom is 0.407 e. The first-order valence-electron chi connectivity index (χ1n) is 12.1. The summed E-state index contributed by atoms with van der Waals surface area (Å²) in [6.07, 6.45) is -1.20. The predicted molar refractivity (Wildman–Crippen MR) is 143 cm³/mol. The SMILES string of the molecule is CCC(NC(=O)NC(=O)C(F)(CNC(=O)OC(C)(C)C)Cc1cc(Cl)ccc1OC)c1cccc(C(=O)O)c1. The van der Waals surface area contributed by atoms with Gasteiger partial charge in [0.25, 0.3) is 5.91 Å². The number of carbonyl (C=O) groups is 4. The molecular formula is C27H33ClFN3O7. The van der Waals surface area contributed by atoms with Crippen molar-refractivity contribution in [2.45, 2.75) is 57.8 Å². The molecule has 0 aromatic heterocycles. The fourth-order valence-corrected chi connectivity index (χ4v) is 3.85. The standard InChI is InChI=1S/C27H33ClFN3O7/c1-6-20(16-8-7-9-17(12-16)22(33)34)31-24(36)32-23(35)27(29,15-30-25(37)39-26(2,3)4)14-18-13-19(28)10-11-21(18)38-5/h7-13,20H,6,14-15H2,1-5H3,(H,30,37)(H,33,34)(H2,31,32,35,36). The molecule has 2 unspecified atom stereocenters. The van der Waals surface area contributed by atoms with Gasteiger partial charge in [-0.15, -0.1) is 0 Å². The first-order chi connectivity index (χ1) is 18.2. The minimum absolute atomic E-state index is 0.0238. The van der Waals surface area contributed by atoms with Crippen LogP contribution in [0.15, 0.2) is 42.5 Å². The average molecular weight is 566 g/mol. The highest BCUT2D eigenvalue weighted by atomic mass is 35.5. The number of alkyl halides is 1. The van der Waals surface area contributed by atoms with E-state index in [0.717, 1.165) is 0 Å². The highest BCUT2D eigenvalue weighted by Gasteiger charge is 2.41. The number of ether oxygens (including phenoxy) is 2. The molecule has 0 bridgehead atoms. The number of nitrogens with one attached hydrogen (secondary N) is 3. The van der Waals surface area contributed by atoms with Crippen LogP contribution in [0.25, 0.3) is 0 Å². The summed E-state index contributed by atoms with van der Waals surface area (Å²) in [7, 11) is 1.36. The first-order valence-corrected chi connectivity index (χ1v) is 12.5. The molecule has 0 fully saturated rings. The van der Waals surface area contributed by atoms with E-state index < -0.39 is 54.3 Å². The van der Waals surface area contributed by atoms with Crippen molar-refractivity contribution in [2.75, 3.05) is 13.7 Å². The molecule has 2 aromatic rings. The summed E-state index contributed by atoms with van der Waals surface area (Å²) in [5.74, 6) is -2.21. The Labute approximate surface area is 231 Å². The number of hydrogen-bond acceptors (Lipinski definition) is 6. The zero-order valence-electron chi connectivity index (χ0n) is 22.4. The third-order valence-electron chi connectivity index (χ3n) is 5.51. The van der Waals surface area contributed by atoms with Crippen LogP contribution in [0.4, 0.5) is 14.0 Å². The Morgan fingerprint density at radius 1 is 1.10 bits per heavy atom. The van der Waals surface area contributed by atoms with E-state index in [1.165, 1.54) is 43.5 Å². The second-order valence-electron chi connectivity index (χ2n) is 9.77. The Bertz CT molecular complexity index is 1220. The molecule has 0 aliphatic rings. The number of methoxy groups -OCH3 is 1. The zero-order valence-corrected chi connectivity index (χ0v) is 23.1. The van der Waals surface area contributed by atoms with Crippen LogP contribution in [0.2, 0.25) is 5.02 Å². The van der Waals surface area contributed by atoms with E-state index in [1.807, 2.05) is 5.32 Å². The third kappa shape index (κ3) is 9.43. The topological polar surface area (TPSA) is 143 Å². The molecule has 4 N–H and O–H groups in total. The molecule has 10 nitrogen and oxygen atoms in total. The number of carboxylic acid groups (broad SMARTS) is 1. The lowest BCUT2D eigenvalue weighted by Gasteiger charge is -2.27. The average Bonchev–Trinajstić information content (AvgIpc) is 2.85. The molecule has 39 heavy (non-hydrogen) atoms. The van der Waals surface area contributed by atoms with E-state index in [-0.39, 0.29) is 21.9 Å². The van der Waals surface area contributed by atoms with Gasteiger partial charge >= 0.3 is 18.1 Å². The number of aromatic carboxylic acids is 1. The van der Waals surface area contributed by atoms with Crippen molar-refractivity contribution in [3.05, 3.63) is 64.2 Å².